The Morgan fingerprint density at radius 3 is 2.33 bits per heavy atom. The Morgan fingerprint density at radius 2 is 1.67 bits per heavy atom. The molecule has 3 aromatic rings. The van der Waals surface area contributed by atoms with Crippen LogP contribution in [0, 0.1) is 5.82 Å². The third-order valence-electron chi connectivity index (χ3n) is 4.05. The number of rotatable bonds is 6. The Kier molecular flexibility index (Phi) is 5.71. The minimum atomic E-state index is -0.308. The van der Waals surface area contributed by atoms with Crippen LogP contribution in [0.4, 0.5) is 10.1 Å². The number of hydrogen-bond donors (Lipinski definition) is 1. The summed E-state index contributed by atoms with van der Waals surface area (Å²) in [7, 11) is 3.91. The van der Waals surface area contributed by atoms with Crippen molar-refractivity contribution >= 4 is 11.6 Å². The molecule has 3 aromatic carbocycles. The van der Waals surface area contributed by atoms with Gasteiger partial charge in [-0.2, -0.15) is 0 Å². The van der Waals surface area contributed by atoms with Crippen LogP contribution in [-0.4, -0.2) is 20.0 Å². The number of carbonyl (C=O) groups is 1. The summed E-state index contributed by atoms with van der Waals surface area (Å²) in [5.41, 5.74) is 2.56. The van der Waals surface area contributed by atoms with E-state index in [0.29, 0.717) is 23.6 Å². The molecular formula is C22H21FN2O2. The van der Waals surface area contributed by atoms with Gasteiger partial charge in [-0.15, -0.1) is 0 Å². The highest BCUT2D eigenvalue weighted by molar-refractivity contribution is 5.94. The molecule has 0 unspecified atom stereocenters. The number of nitrogens with one attached hydrogen (secondary N) is 1. The zero-order valence-corrected chi connectivity index (χ0v) is 15.3. The van der Waals surface area contributed by atoms with E-state index in [9.17, 15) is 9.18 Å². The van der Waals surface area contributed by atoms with Gasteiger partial charge in [-0.1, -0.05) is 12.1 Å². The van der Waals surface area contributed by atoms with Crippen LogP contribution in [0.2, 0.25) is 0 Å². The molecule has 1 amide bonds. The molecule has 0 aliphatic carbocycles. The Labute approximate surface area is 158 Å². The molecule has 0 atom stereocenters. The first-order valence-corrected chi connectivity index (χ1v) is 8.59. The van der Waals surface area contributed by atoms with Crippen LogP contribution in [0.15, 0.2) is 72.8 Å². The first kappa shape index (κ1) is 18.5. The number of halogens is 1. The minimum absolute atomic E-state index is 0.134. The molecule has 0 aliphatic heterocycles. The van der Waals surface area contributed by atoms with E-state index in [0.717, 1.165) is 11.3 Å². The van der Waals surface area contributed by atoms with E-state index >= 15 is 0 Å². The van der Waals surface area contributed by atoms with Crippen LogP contribution in [0.3, 0.4) is 0 Å². The van der Waals surface area contributed by atoms with Crippen LogP contribution in [-0.2, 0) is 6.54 Å². The number of hydrogen-bond acceptors (Lipinski definition) is 3. The van der Waals surface area contributed by atoms with Crippen molar-refractivity contribution in [3.63, 3.8) is 0 Å². The average molecular weight is 364 g/mol. The van der Waals surface area contributed by atoms with Gasteiger partial charge in [-0.3, -0.25) is 4.79 Å². The highest BCUT2D eigenvalue weighted by Gasteiger charge is 2.06. The highest BCUT2D eigenvalue weighted by atomic mass is 19.1. The Hall–Kier alpha value is -3.34. The van der Waals surface area contributed by atoms with Gasteiger partial charge in [-0.05, 0) is 66.2 Å². The topological polar surface area (TPSA) is 41.6 Å². The fourth-order valence-corrected chi connectivity index (χ4v) is 2.55. The quantitative estimate of drug-likeness (QED) is 0.694. The molecule has 0 spiro atoms. The Bertz CT molecular complexity index is 906. The summed E-state index contributed by atoms with van der Waals surface area (Å²) in [5, 5.41) is 2.90. The van der Waals surface area contributed by atoms with Crippen molar-refractivity contribution in [1.29, 1.82) is 0 Å². The number of carbonyl (C=O) groups excluding carboxylic acids is 1. The van der Waals surface area contributed by atoms with Gasteiger partial charge in [-0.25, -0.2) is 4.39 Å². The molecule has 0 radical (unpaired) electrons. The molecular weight excluding hydrogens is 343 g/mol. The van der Waals surface area contributed by atoms with E-state index in [1.54, 1.807) is 24.3 Å². The van der Waals surface area contributed by atoms with Crippen molar-refractivity contribution < 1.29 is 13.9 Å². The molecule has 3 rings (SSSR count). The summed E-state index contributed by atoms with van der Waals surface area (Å²) in [6.45, 7) is 0.384. The number of ether oxygens (including phenoxy) is 1. The molecule has 0 bridgehead atoms. The first-order chi connectivity index (χ1) is 13.0. The molecule has 4 nitrogen and oxygen atoms in total. The van der Waals surface area contributed by atoms with Crippen LogP contribution >= 0.6 is 0 Å². The van der Waals surface area contributed by atoms with E-state index in [2.05, 4.69) is 5.32 Å². The van der Waals surface area contributed by atoms with E-state index < -0.39 is 0 Å². The van der Waals surface area contributed by atoms with Gasteiger partial charge >= 0.3 is 0 Å². The van der Waals surface area contributed by atoms with Crippen molar-refractivity contribution in [2.45, 2.75) is 6.54 Å². The van der Waals surface area contributed by atoms with Crippen LogP contribution < -0.4 is 15.0 Å². The van der Waals surface area contributed by atoms with Gasteiger partial charge in [0.15, 0.2) is 0 Å². The third kappa shape index (κ3) is 5.07. The molecule has 0 aliphatic rings. The SMILES string of the molecule is CN(C)c1ccc(C(=O)NCc2cccc(Oc3ccc(F)cc3)c2)cc1. The van der Waals surface area contributed by atoms with Crippen molar-refractivity contribution in [3.05, 3.63) is 89.7 Å². The summed E-state index contributed by atoms with van der Waals surface area (Å²) in [4.78, 5) is 14.3. The smallest absolute Gasteiger partial charge is 0.251 e. The van der Waals surface area contributed by atoms with Crippen molar-refractivity contribution in [2.24, 2.45) is 0 Å². The maximum atomic E-state index is 13.0. The molecule has 0 heterocycles. The van der Waals surface area contributed by atoms with Crippen LogP contribution in [0.1, 0.15) is 15.9 Å². The lowest BCUT2D eigenvalue weighted by Gasteiger charge is -2.13. The maximum Gasteiger partial charge on any atom is 0.251 e. The summed E-state index contributed by atoms with van der Waals surface area (Å²) < 4.78 is 18.7. The summed E-state index contributed by atoms with van der Waals surface area (Å²) in [6, 6.07) is 20.7. The van der Waals surface area contributed by atoms with E-state index in [4.69, 9.17) is 4.74 Å². The molecule has 5 heteroatoms. The van der Waals surface area contributed by atoms with E-state index in [1.807, 2.05) is 55.4 Å². The van der Waals surface area contributed by atoms with Gasteiger partial charge < -0.3 is 15.0 Å². The second-order valence-corrected chi connectivity index (χ2v) is 6.33. The molecule has 138 valence electrons. The van der Waals surface area contributed by atoms with Crippen molar-refractivity contribution in [3.8, 4) is 11.5 Å². The second-order valence-electron chi connectivity index (χ2n) is 6.33. The van der Waals surface area contributed by atoms with Gasteiger partial charge in [0.2, 0.25) is 0 Å². The minimum Gasteiger partial charge on any atom is -0.457 e. The maximum absolute atomic E-state index is 13.0. The average Bonchev–Trinajstić information content (AvgIpc) is 2.68. The molecule has 0 saturated carbocycles. The predicted molar refractivity (Wildman–Crippen MR) is 105 cm³/mol. The van der Waals surface area contributed by atoms with Gasteiger partial charge in [0.05, 0.1) is 0 Å². The van der Waals surface area contributed by atoms with Crippen LogP contribution in [0.5, 0.6) is 11.5 Å². The van der Waals surface area contributed by atoms with Gasteiger partial charge in [0.25, 0.3) is 5.91 Å². The lowest BCUT2D eigenvalue weighted by atomic mass is 10.1. The number of benzene rings is 3. The number of nitrogens with zero attached hydrogens (tertiary/aromatic N) is 1. The lowest BCUT2D eigenvalue weighted by molar-refractivity contribution is 0.0951. The van der Waals surface area contributed by atoms with Crippen LogP contribution in [0.25, 0.3) is 0 Å². The van der Waals surface area contributed by atoms with Crippen molar-refractivity contribution in [2.75, 3.05) is 19.0 Å². The standard InChI is InChI=1S/C22H21FN2O2/c1-25(2)19-10-6-17(7-11-19)22(26)24-15-16-4-3-5-21(14-16)27-20-12-8-18(23)9-13-20/h3-14H,15H2,1-2H3,(H,24,26). The Balaban J connectivity index is 1.60. The zero-order chi connectivity index (χ0) is 19.2. The Morgan fingerprint density at radius 1 is 0.963 bits per heavy atom. The largest absolute Gasteiger partial charge is 0.457 e. The fourth-order valence-electron chi connectivity index (χ4n) is 2.55. The third-order valence-corrected chi connectivity index (χ3v) is 4.05. The van der Waals surface area contributed by atoms with Crippen molar-refractivity contribution in [1.82, 2.24) is 5.32 Å². The van der Waals surface area contributed by atoms with E-state index in [-0.39, 0.29) is 11.7 Å². The molecule has 0 saturated heterocycles. The summed E-state index contributed by atoms with van der Waals surface area (Å²) >= 11 is 0. The molecule has 27 heavy (non-hydrogen) atoms. The highest BCUT2D eigenvalue weighted by Crippen LogP contribution is 2.22. The molecule has 0 fully saturated rings. The summed E-state index contributed by atoms with van der Waals surface area (Å²) in [6.07, 6.45) is 0. The molecule has 0 aromatic heterocycles. The zero-order valence-electron chi connectivity index (χ0n) is 15.3. The molecule has 1 N–H and O–H groups in total. The lowest BCUT2D eigenvalue weighted by Crippen LogP contribution is -2.22. The second kappa shape index (κ2) is 8.36. The summed E-state index contributed by atoms with van der Waals surface area (Å²) in [5.74, 6) is 0.741. The number of anilines is 1. The number of amides is 1. The predicted octanol–water partition coefficient (Wildman–Crippen LogP) is 4.61. The van der Waals surface area contributed by atoms with Gasteiger partial charge in [0.1, 0.15) is 17.3 Å². The normalized spacial score (nSPS) is 10.3. The monoisotopic (exact) mass is 364 g/mol. The van der Waals surface area contributed by atoms with E-state index in [1.165, 1.54) is 12.1 Å². The first-order valence-electron chi connectivity index (χ1n) is 8.59. The van der Waals surface area contributed by atoms with Gasteiger partial charge in [0, 0.05) is 31.9 Å². The fraction of sp³-hybridized carbons (Fsp3) is 0.136.